The molecular formula is C19H18N6O. The average molecular weight is 346 g/mol. The number of aromatic nitrogens is 5. The minimum absolute atomic E-state index is 0.294. The number of hydrogen-bond acceptors (Lipinski definition) is 6. The third kappa shape index (κ3) is 2.66. The summed E-state index contributed by atoms with van der Waals surface area (Å²) in [6.07, 6.45) is 7.05. The van der Waals surface area contributed by atoms with Crippen molar-refractivity contribution in [2.24, 2.45) is 0 Å². The summed E-state index contributed by atoms with van der Waals surface area (Å²) >= 11 is 0. The molecule has 1 aliphatic rings. The zero-order valence-corrected chi connectivity index (χ0v) is 14.2. The highest BCUT2D eigenvalue weighted by molar-refractivity contribution is 5.73. The molecule has 0 saturated heterocycles. The molecule has 130 valence electrons. The molecule has 26 heavy (non-hydrogen) atoms. The second kappa shape index (κ2) is 6.34. The summed E-state index contributed by atoms with van der Waals surface area (Å²) in [5.41, 5.74) is 5.26. The van der Waals surface area contributed by atoms with E-state index in [0.717, 1.165) is 48.2 Å². The van der Waals surface area contributed by atoms with E-state index in [1.54, 1.807) is 6.20 Å². The SMILES string of the molecule is c1ccc(-n2ncc3c2CCCC3NCc2ccc3nonc3c2)nc1. The Kier molecular flexibility index (Phi) is 3.71. The van der Waals surface area contributed by atoms with Crippen LogP contribution in [0.25, 0.3) is 16.9 Å². The molecule has 0 amide bonds. The number of nitrogens with one attached hydrogen (secondary N) is 1. The quantitative estimate of drug-likeness (QED) is 0.612. The molecule has 5 rings (SSSR count). The number of pyridine rings is 1. The Hall–Kier alpha value is -3.06. The summed E-state index contributed by atoms with van der Waals surface area (Å²) in [5, 5.41) is 16.0. The Bertz CT molecular complexity index is 1040. The molecule has 1 aliphatic carbocycles. The highest BCUT2D eigenvalue weighted by Gasteiger charge is 2.24. The predicted molar refractivity (Wildman–Crippen MR) is 95.7 cm³/mol. The van der Waals surface area contributed by atoms with Crippen LogP contribution in [-0.2, 0) is 13.0 Å². The van der Waals surface area contributed by atoms with E-state index < -0.39 is 0 Å². The first-order chi connectivity index (χ1) is 12.9. The zero-order chi connectivity index (χ0) is 17.3. The molecule has 0 saturated carbocycles. The Morgan fingerprint density at radius 2 is 2.12 bits per heavy atom. The lowest BCUT2D eigenvalue weighted by atomic mass is 9.92. The van der Waals surface area contributed by atoms with Gasteiger partial charge >= 0.3 is 0 Å². The number of nitrogens with zero attached hydrogens (tertiary/aromatic N) is 5. The fourth-order valence-electron chi connectivity index (χ4n) is 3.62. The van der Waals surface area contributed by atoms with Crippen molar-refractivity contribution < 1.29 is 4.63 Å². The van der Waals surface area contributed by atoms with Gasteiger partial charge in [0.2, 0.25) is 0 Å². The van der Waals surface area contributed by atoms with E-state index in [1.165, 1.54) is 11.3 Å². The zero-order valence-electron chi connectivity index (χ0n) is 14.2. The summed E-state index contributed by atoms with van der Waals surface area (Å²) in [6.45, 7) is 0.766. The van der Waals surface area contributed by atoms with Gasteiger partial charge in [-0.1, -0.05) is 12.1 Å². The molecule has 3 heterocycles. The largest absolute Gasteiger partial charge is 0.306 e. The van der Waals surface area contributed by atoms with E-state index in [9.17, 15) is 0 Å². The van der Waals surface area contributed by atoms with Gasteiger partial charge in [-0.25, -0.2) is 14.3 Å². The Labute approximate surface area is 150 Å². The lowest BCUT2D eigenvalue weighted by molar-refractivity contribution is 0.315. The molecule has 0 radical (unpaired) electrons. The van der Waals surface area contributed by atoms with E-state index in [4.69, 9.17) is 4.63 Å². The Balaban J connectivity index is 1.37. The van der Waals surface area contributed by atoms with Crippen LogP contribution in [0.3, 0.4) is 0 Å². The predicted octanol–water partition coefficient (Wildman–Crippen LogP) is 2.97. The van der Waals surface area contributed by atoms with Crippen molar-refractivity contribution in [1.82, 2.24) is 30.4 Å². The third-order valence-corrected chi connectivity index (χ3v) is 4.92. The third-order valence-electron chi connectivity index (χ3n) is 4.92. The normalized spacial score (nSPS) is 16.7. The van der Waals surface area contributed by atoms with Crippen LogP contribution >= 0.6 is 0 Å². The topological polar surface area (TPSA) is 81.7 Å². The molecule has 0 aliphatic heterocycles. The van der Waals surface area contributed by atoms with Crippen molar-refractivity contribution in [2.75, 3.05) is 0 Å². The average Bonchev–Trinajstić information content (AvgIpc) is 3.33. The molecule has 1 aromatic carbocycles. The van der Waals surface area contributed by atoms with Crippen LogP contribution in [0.2, 0.25) is 0 Å². The first kappa shape index (κ1) is 15.2. The van der Waals surface area contributed by atoms with Gasteiger partial charge < -0.3 is 5.32 Å². The minimum atomic E-state index is 0.294. The van der Waals surface area contributed by atoms with E-state index in [2.05, 4.69) is 31.8 Å². The summed E-state index contributed by atoms with van der Waals surface area (Å²) in [5.74, 6) is 0.874. The van der Waals surface area contributed by atoms with Gasteiger partial charge in [-0.3, -0.25) is 0 Å². The van der Waals surface area contributed by atoms with Gasteiger partial charge in [-0.15, -0.1) is 0 Å². The monoisotopic (exact) mass is 346 g/mol. The van der Waals surface area contributed by atoms with Crippen LogP contribution in [0.5, 0.6) is 0 Å². The molecule has 7 heteroatoms. The number of rotatable bonds is 4. The van der Waals surface area contributed by atoms with Gasteiger partial charge in [0.05, 0.1) is 11.9 Å². The van der Waals surface area contributed by atoms with E-state index in [0.29, 0.717) is 6.04 Å². The van der Waals surface area contributed by atoms with Crippen molar-refractivity contribution in [2.45, 2.75) is 31.8 Å². The summed E-state index contributed by atoms with van der Waals surface area (Å²) < 4.78 is 6.74. The molecule has 1 unspecified atom stereocenters. The highest BCUT2D eigenvalue weighted by Crippen LogP contribution is 2.31. The second-order valence-corrected chi connectivity index (χ2v) is 6.56. The van der Waals surface area contributed by atoms with Crippen LogP contribution in [0.1, 0.15) is 35.7 Å². The molecule has 0 fully saturated rings. The van der Waals surface area contributed by atoms with Gasteiger partial charge in [0.1, 0.15) is 11.0 Å². The molecule has 4 aromatic rings. The lowest BCUT2D eigenvalue weighted by Gasteiger charge is -2.24. The summed E-state index contributed by atoms with van der Waals surface area (Å²) in [6, 6.07) is 12.2. The van der Waals surface area contributed by atoms with Crippen LogP contribution < -0.4 is 5.32 Å². The lowest BCUT2D eigenvalue weighted by Crippen LogP contribution is -2.25. The van der Waals surface area contributed by atoms with Crippen molar-refractivity contribution in [3.8, 4) is 5.82 Å². The van der Waals surface area contributed by atoms with Crippen LogP contribution in [0.4, 0.5) is 0 Å². The van der Waals surface area contributed by atoms with Crippen molar-refractivity contribution in [1.29, 1.82) is 0 Å². The first-order valence-corrected chi connectivity index (χ1v) is 8.81. The number of benzene rings is 1. The van der Waals surface area contributed by atoms with Crippen molar-refractivity contribution in [3.63, 3.8) is 0 Å². The van der Waals surface area contributed by atoms with Crippen molar-refractivity contribution in [3.05, 3.63) is 65.6 Å². The first-order valence-electron chi connectivity index (χ1n) is 8.81. The summed E-state index contributed by atoms with van der Waals surface area (Å²) in [4.78, 5) is 4.43. The van der Waals surface area contributed by atoms with Crippen LogP contribution in [-0.4, -0.2) is 25.1 Å². The number of hydrogen-bond donors (Lipinski definition) is 1. The molecule has 1 N–H and O–H groups in total. The van der Waals surface area contributed by atoms with Crippen LogP contribution in [0, 0.1) is 0 Å². The fourth-order valence-corrected chi connectivity index (χ4v) is 3.62. The molecule has 1 atom stereocenters. The Morgan fingerprint density at radius 1 is 1.15 bits per heavy atom. The molecule has 3 aromatic heterocycles. The van der Waals surface area contributed by atoms with E-state index in [-0.39, 0.29) is 0 Å². The Morgan fingerprint density at radius 3 is 3.04 bits per heavy atom. The van der Waals surface area contributed by atoms with Gasteiger partial charge in [-0.2, -0.15) is 5.10 Å². The van der Waals surface area contributed by atoms with Gasteiger partial charge in [0.15, 0.2) is 5.82 Å². The maximum absolute atomic E-state index is 4.77. The molecular weight excluding hydrogens is 328 g/mol. The fraction of sp³-hybridized carbons (Fsp3) is 0.263. The number of fused-ring (bicyclic) bond motifs is 2. The maximum atomic E-state index is 4.77. The molecule has 0 bridgehead atoms. The molecule has 7 nitrogen and oxygen atoms in total. The standard InChI is InChI=1S/C19H18N6O/c1-2-9-20-19(6-1)25-18-5-3-4-15(14(18)12-22-25)21-11-13-7-8-16-17(10-13)24-26-23-16/h1-2,6-10,12,15,21H,3-5,11H2. The van der Waals surface area contributed by atoms with Gasteiger partial charge in [0, 0.05) is 24.3 Å². The molecule has 0 spiro atoms. The van der Waals surface area contributed by atoms with Crippen LogP contribution in [0.15, 0.2) is 53.4 Å². The second-order valence-electron chi connectivity index (χ2n) is 6.56. The van der Waals surface area contributed by atoms with Gasteiger partial charge in [-0.05, 0) is 59.4 Å². The van der Waals surface area contributed by atoms with Crippen molar-refractivity contribution >= 4 is 11.0 Å². The minimum Gasteiger partial charge on any atom is -0.306 e. The summed E-state index contributed by atoms with van der Waals surface area (Å²) in [7, 11) is 0. The smallest absolute Gasteiger partial charge is 0.153 e. The van der Waals surface area contributed by atoms with E-state index in [1.807, 2.05) is 41.2 Å². The van der Waals surface area contributed by atoms with Gasteiger partial charge in [0.25, 0.3) is 0 Å². The highest BCUT2D eigenvalue weighted by atomic mass is 16.6. The maximum Gasteiger partial charge on any atom is 0.153 e. The van der Waals surface area contributed by atoms with E-state index >= 15 is 0 Å².